The largest absolute Gasteiger partial charge is 0.352 e. The van der Waals surface area contributed by atoms with E-state index in [4.69, 9.17) is 28.9 Å². The van der Waals surface area contributed by atoms with Gasteiger partial charge in [-0.2, -0.15) is 0 Å². The van der Waals surface area contributed by atoms with Crippen LogP contribution in [-0.2, 0) is 6.42 Å². The number of hydrogen-bond donors (Lipinski definition) is 2. The molecule has 5 heteroatoms. The van der Waals surface area contributed by atoms with Crippen LogP contribution in [0.4, 0.5) is 0 Å². The number of halogens is 2. The second-order valence-electron chi connectivity index (χ2n) is 5.22. The Kier molecular flexibility index (Phi) is 4.67. The van der Waals surface area contributed by atoms with Crippen molar-refractivity contribution < 1.29 is 0 Å². The fourth-order valence-corrected chi connectivity index (χ4v) is 3.15. The van der Waals surface area contributed by atoms with Crippen LogP contribution in [0.5, 0.6) is 0 Å². The summed E-state index contributed by atoms with van der Waals surface area (Å²) in [6, 6.07) is 9.61. The van der Waals surface area contributed by atoms with Crippen LogP contribution in [0, 0.1) is 0 Å². The summed E-state index contributed by atoms with van der Waals surface area (Å²) >= 11 is 12.7. The third-order valence-electron chi connectivity index (χ3n) is 3.77. The fraction of sp³-hybridized carbons (Fsp3) is 0.235. The summed E-state index contributed by atoms with van der Waals surface area (Å²) in [7, 11) is 0. The number of nitrogens with zero attached hydrogens (tertiary/aromatic N) is 1. The topological polar surface area (TPSA) is 54.7 Å². The van der Waals surface area contributed by atoms with Crippen molar-refractivity contribution in [3.8, 4) is 11.4 Å². The van der Waals surface area contributed by atoms with Crippen molar-refractivity contribution in [2.45, 2.75) is 19.3 Å². The first kappa shape index (κ1) is 15.3. The molecule has 2 heterocycles. The van der Waals surface area contributed by atoms with Gasteiger partial charge in [0.05, 0.1) is 21.3 Å². The maximum absolute atomic E-state index is 6.33. The summed E-state index contributed by atoms with van der Waals surface area (Å²) < 4.78 is 0. The molecule has 0 amide bonds. The Labute approximate surface area is 139 Å². The van der Waals surface area contributed by atoms with E-state index in [2.05, 4.69) is 16.0 Å². The molecule has 1 aromatic carbocycles. The number of aromatic amines is 1. The van der Waals surface area contributed by atoms with Crippen LogP contribution in [0.25, 0.3) is 22.3 Å². The van der Waals surface area contributed by atoms with E-state index in [-0.39, 0.29) is 0 Å². The van der Waals surface area contributed by atoms with Crippen molar-refractivity contribution in [1.29, 1.82) is 0 Å². The van der Waals surface area contributed by atoms with E-state index in [1.54, 1.807) is 6.20 Å². The molecule has 0 saturated heterocycles. The highest BCUT2D eigenvalue weighted by Crippen LogP contribution is 2.36. The molecule has 3 N–H and O–H groups in total. The van der Waals surface area contributed by atoms with Gasteiger partial charge in [-0.1, -0.05) is 35.3 Å². The lowest BCUT2D eigenvalue weighted by Gasteiger charge is -2.06. The Balaban J connectivity index is 2.17. The number of hydrogen-bond acceptors (Lipinski definition) is 2. The Morgan fingerprint density at radius 1 is 1.05 bits per heavy atom. The van der Waals surface area contributed by atoms with Gasteiger partial charge in [-0.15, -0.1) is 0 Å². The third kappa shape index (κ3) is 2.84. The zero-order chi connectivity index (χ0) is 15.5. The lowest BCUT2D eigenvalue weighted by molar-refractivity contribution is 0.748. The van der Waals surface area contributed by atoms with E-state index in [0.717, 1.165) is 41.6 Å². The van der Waals surface area contributed by atoms with Crippen molar-refractivity contribution in [1.82, 2.24) is 9.97 Å². The molecule has 0 aliphatic heterocycles. The number of benzene rings is 1. The van der Waals surface area contributed by atoms with Gasteiger partial charge < -0.3 is 10.7 Å². The lowest BCUT2D eigenvalue weighted by Crippen LogP contribution is -1.99. The molecule has 3 nitrogen and oxygen atoms in total. The summed E-state index contributed by atoms with van der Waals surface area (Å²) in [5, 5.41) is 2.46. The zero-order valence-corrected chi connectivity index (χ0v) is 13.6. The maximum Gasteiger partial charge on any atom is 0.105 e. The molecule has 0 spiro atoms. The second-order valence-corrected chi connectivity index (χ2v) is 6.03. The summed E-state index contributed by atoms with van der Waals surface area (Å²) in [6.45, 7) is 0.697. The molecule has 114 valence electrons. The number of H-pyrrole nitrogens is 1. The number of nitrogens with two attached hydrogens (primary N) is 1. The van der Waals surface area contributed by atoms with E-state index in [0.29, 0.717) is 16.6 Å². The predicted octanol–water partition coefficient (Wildman–Crippen LogP) is 4.82. The predicted molar refractivity (Wildman–Crippen MR) is 93.5 cm³/mol. The number of aromatic nitrogens is 2. The van der Waals surface area contributed by atoms with E-state index in [1.807, 2.05) is 24.3 Å². The molecule has 3 aromatic rings. The standard InChI is InChI=1S/C17H17Cl2N3/c18-13-7-3-6-11-12(5-1-2-9-20)16(22-15(11)13)17-14(19)8-4-10-21-17/h3-4,6-8,10,22H,1-2,5,9,20H2. The number of fused-ring (bicyclic) bond motifs is 1. The van der Waals surface area contributed by atoms with Gasteiger partial charge in [-0.05, 0) is 49.6 Å². The molecule has 0 fully saturated rings. The summed E-state index contributed by atoms with van der Waals surface area (Å²) in [5.74, 6) is 0. The zero-order valence-electron chi connectivity index (χ0n) is 12.1. The van der Waals surface area contributed by atoms with Crippen LogP contribution in [-0.4, -0.2) is 16.5 Å². The minimum atomic E-state index is 0.630. The highest BCUT2D eigenvalue weighted by molar-refractivity contribution is 6.35. The number of aryl methyl sites for hydroxylation is 1. The molecule has 0 unspecified atom stereocenters. The van der Waals surface area contributed by atoms with Crippen LogP contribution >= 0.6 is 23.2 Å². The normalized spacial score (nSPS) is 11.2. The van der Waals surface area contributed by atoms with E-state index in [1.165, 1.54) is 5.56 Å². The van der Waals surface area contributed by atoms with Crippen LogP contribution in [0.1, 0.15) is 18.4 Å². The van der Waals surface area contributed by atoms with Gasteiger partial charge >= 0.3 is 0 Å². The monoisotopic (exact) mass is 333 g/mol. The lowest BCUT2D eigenvalue weighted by atomic mass is 10.0. The fourth-order valence-electron chi connectivity index (χ4n) is 2.72. The average Bonchev–Trinajstić information content (AvgIpc) is 2.88. The Bertz CT molecular complexity index is 796. The van der Waals surface area contributed by atoms with Gasteiger partial charge in [0.15, 0.2) is 0 Å². The minimum absolute atomic E-state index is 0.630. The van der Waals surface area contributed by atoms with E-state index < -0.39 is 0 Å². The van der Waals surface area contributed by atoms with Gasteiger partial charge in [-0.3, -0.25) is 4.98 Å². The first-order valence-corrected chi connectivity index (χ1v) is 8.08. The molecule has 0 aliphatic rings. The molecule has 0 atom stereocenters. The van der Waals surface area contributed by atoms with Crippen molar-refractivity contribution in [3.63, 3.8) is 0 Å². The first-order chi connectivity index (χ1) is 10.7. The van der Waals surface area contributed by atoms with E-state index in [9.17, 15) is 0 Å². The molecule has 22 heavy (non-hydrogen) atoms. The number of unbranched alkanes of at least 4 members (excludes halogenated alkanes) is 1. The molecule has 0 saturated carbocycles. The Hall–Kier alpha value is -1.55. The summed E-state index contributed by atoms with van der Waals surface area (Å²) in [6.07, 6.45) is 4.67. The summed E-state index contributed by atoms with van der Waals surface area (Å²) in [5.41, 5.74) is 9.46. The molecular formula is C17H17Cl2N3. The maximum atomic E-state index is 6.33. The highest BCUT2D eigenvalue weighted by atomic mass is 35.5. The van der Waals surface area contributed by atoms with Crippen molar-refractivity contribution in [2.75, 3.05) is 6.54 Å². The number of para-hydroxylation sites is 1. The van der Waals surface area contributed by atoms with Gasteiger partial charge in [-0.25, -0.2) is 0 Å². The van der Waals surface area contributed by atoms with Crippen molar-refractivity contribution >= 4 is 34.1 Å². The average molecular weight is 334 g/mol. The summed E-state index contributed by atoms with van der Waals surface area (Å²) in [4.78, 5) is 7.84. The second kappa shape index (κ2) is 6.69. The number of nitrogens with one attached hydrogen (secondary N) is 1. The molecule has 3 rings (SSSR count). The minimum Gasteiger partial charge on any atom is -0.352 e. The molecule has 2 aromatic heterocycles. The number of pyridine rings is 1. The SMILES string of the molecule is NCCCCc1c(-c2ncccc2Cl)[nH]c2c(Cl)cccc12. The van der Waals surface area contributed by atoms with Gasteiger partial charge in [0.2, 0.25) is 0 Å². The van der Waals surface area contributed by atoms with Crippen LogP contribution < -0.4 is 5.73 Å². The quantitative estimate of drug-likeness (QED) is 0.657. The Morgan fingerprint density at radius 3 is 2.64 bits per heavy atom. The van der Waals surface area contributed by atoms with Crippen LogP contribution in [0.2, 0.25) is 10.0 Å². The van der Waals surface area contributed by atoms with Gasteiger partial charge in [0, 0.05) is 11.6 Å². The molecule has 0 aliphatic carbocycles. The first-order valence-electron chi connectivity index (χ1n) is 7.32. The van der Waals surface area contributed by atoms with Crippen molar-refractivity contribution in [3.05, 3.63) is 52.1 Å². The van der Waals surface area contributed by atoms with Crippen molar-refractivity contribution in [2.24, 2.45) is 5.73 Å². The van der Waals surface area contributed by atoms with Gasteiger partial charge in [0.25, 0.3) is 0 Å². The Morgan fingerprint density at radius 2 is 1.86 bits per heavy atom. The van der Waals surface area contributed by atoms with E-state index >= 15 is 0 Å². The highest BCUT2D eigenvalue weighted by Gasteiger charge is 2.17. The molecular weight excluding hydrogens is 317 g/mol. The molecule has 0 bridgehead atoms. The number of rotatable bonds is 5. The molecule has 0 radical (unpaired) electrons. The third-order valence-corrected chi connectivity index (χ3v) is 4.39. The van der Waals surface area contributed by atoms with Gasteiger partial charge in [0.1, 0.15) is 5.69 Å². The smallest absolute Gasteiger partial charge is 0.105 e. The van der Waals surface area contributed by atoms with Crippen LogP contribution in [0.15, 0.2) is 36.5 Å². The van der Waals surface area contributed by atoms with Crippen LogP contribution in [0.3, 0.4) is 0 Å².